The molecule has 94 valence electrons. The van der Waals surface area contributed by atoms with Crippen molar-refractivity contribution in [3.8, 4) is 6.07 Å². The number of carbonyl (C=O) groups excluding carboxylic acids is 2. The topological polar surface area (TPSA) is 67.2 Å². The fourth-order valence-electron chi connectivity index (χ4n) is 2.36. The lowest BCUT2D eigenvalue weighted by atomic mass is 9.69. The summed E-state index contributed by atoms with van der Waals surface area (Å²) in [6.45, 7) is 0. The summed E-state index contributed by atoms with van der Waals surface area (Å²) in [5, 5.41) is 11.4. The molecule has 1 saturated carbocycles. The molecule has 1 heterocycles. The Bertz CT molecular complexity index is 495. The third-order valence-corrected chi connectivity index (χ3v) is 4.51. The van der Waals surface area contributed by atoms with E-state index in [-0.39, 0.29) is 18.6 Å². The van der Waals surface area contributed by atoms with E-state index in [4.69, 9.17) is 0 Å². The van der Waals surface area contributed by atoms with E-state index < -0.39 is 17.3 Å². The van der Waals surface area contributed by atoms with E-state index in [0.29, 0.717) is 6.42 Å². The number of carbonyl (C=O) groups is 2. The molecule has 1 aliphatic carbocycles. The summed E-state index contributed by atoms with van der Waals surface area (Å²) in [5.74, 6) is -1.45. The van der Waals surface area contributed by atoms with Crippen molar-refractivity contribution in [3.63, 3.8) is 0 Å². The summed E-state index contributed by atoms with van der Waals surface area (Å²) in [4.78, 5) is 24.3. The lowest BCUT2D eigenvalue weighted by Crippen LogP contribution is -2.40. The highest BCUT2D eigenvalue weighted by molar-refractivity contribution is 7.10. The van der Waals surface area contributed by atoms with E-state index in [1.54, 1.807) is 0 Å². The average Bonchev–Trinajstić information content (AvgIpc) is 2.93. The summed E-state index contributed by atoms with van der Waals surface area (Å²) in [7, 11) is 1.27. The molecule has 0 radical (unpaired) electrons. The summed E-state index contributed by atoms with van der Waals surface area (Å²) in [6.07, 6.45) is 0.969. The first-order chi connectivity index (χ1) is 8.63. The van der Waals surface area contributed by atoms with Crippen molar-refractivity contribution in [1.29, 1.82) is 5.26 Å². The second-order valence-electron chi connectivity index (χ2n) is 4.42. The SMILES string of the molecule is COC(=O)[C@H]1C[C@@](C#N)(c2cccs2)CCC1=O. The molecule has 2 rings (SSSR count). The fourth-order valence-corrected chi connectivity index (χ4v) is 3.28. The molecule has 18 heavy (non-hydrogen) atoms. The van der Waals surface area contributed by atoms with Crippen LogP contribution in [0.5, 0.6) is 0 Å². The molecule has 5 heteroatoms. The number of nitrogens with zero attached hydrogens (tertiary/aromatic N) is 1. The van der Waals surface area contributed by atoms with Gasteiger partial charge in [-0.1, -0.05) is 6.07 Å². The first kappa shape index (κ1) is 12.8. The van der Waals surface area contributed by atoms with Crippen LogP contribution < -0.4 is 0 Å². The number of nitriles is 1. The maximum absolute atomic E-state index is 11.8. The minimum atomic E-state index is -0.800. The van der Waals surface area contributed by atoms with Crippen LogP contribution in [0.2, 0.25) is 0 Å². The minimum absolute atomic E-state index is 0.121. The molecule has 4 nitrogen and oxygen atoms in total. The summed E-state index contributed by atoms with van der Waals surface area (Å²) in [6, 6.07) is 6.06. The zero-order chi connectivity index (χ0) is 13.2. The number of hydrogen-bond donors (Lipinski definition) is 0. The lowest BCUT2D eigenvalue weighted by molar-refractivity contribution is -0.151. The van der Waals surface area contributed by atoms with E-state index in [2.05, 4.69) is 10.8 Å². The zero-order valence-electron chi connectivity index (χ0n) is 10.0. The van der Waals surface area contributed by atoms with Gasteiger partial charge < -0.3 is 4.74 Å². The van der Waals surface area contributed by atoms with Crippen LogP contribution in [0.15, 0.2) is 17.5 Å². The predicted octanol–water partition coefficient (Wildman–Crippen LogP) is 2.05. The molecule has 0 amide bonds. The minimum Gasteiger partial charge on any atom is -0.468 e. The molecular weight excluding hydrogens is 250 g/mol. The van der Waals surface area contributed by atoms with E-state index >= 15 is 0 Å². The molecule has 2 atom stereocenters. The van der Waals surface area contributed by atoms with Crippen molar-refractivity contribution in [1.82, 2.24) is 0 Å². The maximum Gasteiger partial charge on any atom is 0.316 e. The molecular formula is C13H13NO3S. The summed E-state index contributed by atoms with van der Waals surface area (Å²) >= 11 is 1.49. The maximum atomic E-state index is 11.8. The first-order valence-electron chi connectivity index (χ1n) is 5.69. The zero-order valence-corrected chi connectivity index (χ0v) is 10.8. The number of rotatable bonds is 2. The van der Waals surface area contributed by atoms with Gasteiger partial charge in [0.25, 0.3) is 0 Å². The van der Waals surface area contributed by atoms with Gasteiger partial charge in [0.2, 0.25) is 0 Å². The Morgan fingerprint density at radius 1 is 1.67 bits per heavy atom. The molecule has 1 aromatic heterocycles. The molecule has 1 fully saturated rings. The van der Waals surface area contributed by atoms with Crippen LogP contribution in [0.3, 0.4) is 0 Å². The number of hydrogen-bond acceptors (Lipinski definition) is 5. The van der Waals surface area contributed by atoms with E-state index in [1.807, 2.05) is 17.5 Å². The van der Waals surface area contributed by atoms with Gasteiger partial charge in [-0.3, -0.25) is 9.59 Å². The quantitative estimate of drug-likeness (QED) is 0.605. The number of esters is 1. The highest BCUT2D eigenvalue weighted by Crippen LogP contribution is 2.42. The van der Waals surface area contributed by atoms with Crippen LogP contribution in [0.4, 0.5) is 0 Å². The van der Waals surface area contributed by atoms with Gasteiger partial charge in [-0.15, -0.1) is 11.3 Å². The van der Waals surface area contributed by atoms with Crippen LogP contribution in [0.1, 0.15) is 24.1 Å². The van der Waals surface area contributed by atoms with Crippen molar-refractivity contribution in [2.45, 2.75) is 24.7 Å². The number of methoxy groups -OCH3 is 1. The largest absolute Gasteiger partial charge is 0.468 e. The summed E-state index contributed by atoms with van der Waals surface area (Å²) in [5.41, 5.74) is -0.721. The molecule has 0 unspecified atom stereocenters. The van der Waals surface area contributed by atoms with Gasteiger partial charge in [0.15, 0.2) is 0 Å². The van der Waals surface area contributed by atoms with Gasteiger partial charge in [-0.2, -0.15) is 5.26 Å². The van der Waals surface area contributed by atoms with Crippen LogP contribution in [-0.2, 0) is 19.7 Å². The normalized spacial score (nSPS) is 27.6. The number of Topliss-reactive ketones (excluding diaryl/α,β-unsaturated/α-hetero) is 1. The third kappa shape index (κ3) is 2.04. The van der Waals surface area contributed by atoms with Gasteiger partial charge in [0, 0.05) is 11.3 Å². The Hall–Kier alpha value is -1.67. The Balaban J connectivity index is 2.33. The van der Waals surface area contributed by atoms with Gasteiger partial charge >= 0.3 is 5.97 Å². The summed E-state index contributed by atoms with van der Waals surface area (Å²) < 4.78 is 4.65. The Morgan fingerprint density at radius 3 is 3.00 bits per heavy atom. The Labute approximate surface area is 109 Å². The van der Waals surface area contributed by atoms with Crippen LogP contribution in [0, 0.1) is 17.2 Å². The first-order valence-corrected chi connectivity index (χ1v) is 6.57. The predicted molar refractivity (Wildman–Crippen MR) is 66.0 cm³/mol. The van der Waals surface area contributed by atoms with Crippen LogP contribution >= 0.6 is 11.3 Å². The van der Waals surface area contributed by atoms with Crippen molar-refractivity contribution < 1.29 is 14.3 Å². The number of ether oxygens (including phenoxy) is 1. The molecule has 0 N–H and O–H groups in total. The molecule has 0 bridgehead atoms. The van der Waals surface area contributed by atoms with E-state index in [1.165, 1.54) is 18.4 Å². The Kier molecular flexibility index (Phi) is 3.48. The second-order valence-corrected chi connectivity index (χ2v) is 5.37. The molecule has 1 aromatic rings. The van der Waals surface area contributed by atoms with Crippen LogP contribution in [-0.4, -0.2) is 18.9 Å². The molecule has 0 aromatic carbocycles. The molecule has 0 aliphatic heterocycles. The number of ketones is 1. The van der Waals surface area contributed by atoms with Gasteiger partial charge in [0.1, 0.15) is 11.7 Å². The van der Waals surface area contributed by atoms with Crippen molar-refractivity contribution in [2.24, 2.45) is 5.92 Å². The smallest absolute Gasteiger partial charge is 0.316 e. The fraction of sp³-hybridized carbons (Fsp3) is 0.462. The van der Waals surface area contributed by atoms with E-state index in [9.17, 15) is 14.9 Å². The number of thiophene rings is 1. The average molecular weight is 263 g/mol. The van der Waals surface area contributed by atoms with E-state index in [0.717, 1.165) is 4.88 Å². The van der Waals surface area contributed by atoms with Crippen molar-refractivity contribution >= 4 is 23.1 Å². The van der Waals surface area contributed by atoms with Gasteiger partial charge in [0.05, 0.1) is 18.6 Å². The van der Waals surface area contributed by atoms with Crippen molar-refractivity contribution in [2.75, 3.05) is 7.11 Å². The lowest BCUT2D eigenvalue weighted by Gasteiger charge is -2.32. The van der Waals surface area contributed by atoms with Gasteiger partial charge in [-0.05, 0) is 24.3 Å². The third-order valence-electron chi connectivity index (χ3n) is 3.43. The van der Waals surface area contributed by atoms with Crippen molar-refractivity contribution in [3.05, 3.63) is 22.4 Å². The monoisotopic (exact) mass is 263 g/mol. The standard InChI is InChI=1S/C13H13NO3S/c1-17-12(16)9-7-13(8-14,5-4-10(9)15)11-3-2-6-18-11/h2-3,6,9H,4-5,7H2,1H3/t9-,13-/m0/s1. The van der Waals surface area contributed by atoms with Gasteiger partial charge in [-0.25, -0.2) is 0 Å². The second kappa shape index (κ2) is 4.91. The molecule has 0 spiro atoms. The Morgan fingerprint density at radius 2 is 2.44 bits per heavy atom. The van der Waals surface area contributed by atoms with Crippen LogP contribution in [0.25, 0.3) is 0 Å². The highest BCUT2D eigenvalue weighted by Gasteiger charge is 2.45. The molecule has 0 saturated heterocycles. The highest BCUT2D eigenvalue weighted by atomic mass is 32.1. The molecule has 1 aliphatic rings.